The second-order valence-corrected chi connectivity index (χ2v) is 8.89. The van der Waals surface area contributed by atoms with Crippen LogP contribution in [0.1, 0.15) is 17.0 Å². The van der Waals surface area contributed by atoms with Crippen molar-refractivity contribution in [1.82, 2.24) is 19.7 Å². The lowest BCUT2D eigenvalue weighted by molar-refractivity contribution is -0.142. The summed E-state index contributed by atoms with van der Waals surface area (Å²) in [4.78, 5) is 29.8. The lowest BCUT2D eigenvalue weighted by Crippen LogP contribution is -2.27. The third-order valence-corrected chi connectivity index (χ3v) is 6.04. The van der Waals surface area contributed by atoms with E-state index in [1.54, 1.807) is 18.2 Å². The Balaban J connectivity index is 1.75. The van der Waals surface area contributed by atoms with Crippen LogP contribution in [0.3, 0.4) is 0 Å². The smallest absolute Gasteiger partial charge is 0.437 e. The number of nitrogens with zero attached hydrogens (tertiary/aromatic N) is 4. The van der Waals surface area contributed by atoms with Crippen LogP contribution in [0.25, 0.3) is 11.1 Å². The van der Waals surface area contributed by atoms with E-state index in [0.29, 0.717) is 5.56 Å². The average molecular weight is 546 g/mol. The van der Waals surface area contributed by atoms with E-state index < -0.39 is 28.7 Å². The van der Waals surface area contributed by atoms with Gasteiger partial charge in [0, 0.05) is 9.92 Å². The molecule has 0 atom stereocenters. The molecule has 0 saturated carbocycles. The molecule has 2 aromatic carbocycles. The number of nitrogens with one attached hydrogen (secondary N) is 1. The zero-order chi connectivity index (χ0) is 26.7. The van der Waals surface area contributed by atoms with Crippen molar-refractivity contribution in [1.29, 1.82) is 5.26 Å². The summed E-state index contributed by atoms with van der Waals surface area (Å²) in [5, 5.41) is 15.4. The van der Waals surface area contributed by atoms with Gasteiger partial charge in [-0.3, -0.25) is 14.2 Å². The number of hydrogen-bond donors (Lipinski definition) is 1. The van der Waals surface area contributed by atoms with Crippen LogP contribution < -0.4 is 15.9 Å². The molecule has 2 aromatic heterocycles. The molecule has 0 amide bonds. The van der Waals surface area contributed by atoms with Gasteiger partial charge in [0.15, 0.2) is 5.69 Å². The SMILES string of the molecule is CSc1ccc(-c2cc(Cn3cnc(C(F)(F)F)c(Oc4cc(Cl)cc(C#N)c4)c3=O)n[nH]c2=O)cc1. The molecule has 4 rings (SSSR count). The van der Waals surface area contributed by atoms with Crippen LogP contribution in [0.4, 0.5) is 13.2 Å². The van der Waals surface area contributed by atoms with Crippen molar-refractivity contribution in [2.24, 2.45) is 0 Å². The number of thioether (sulfide) groups is 1. The minimum atomic E-state index is -5.00. The molecule has 0 aliphatic rings. The Bertz CT molecular complexity index is 1630. The topological polar surface area (TPSA) is 114 Å². The van der Waals surface area contributed by atoms with Crippen molar-refractivity contribution < 1.29 is 17.9 Å². The molecule has 0 unspecified atom stereocenters. The van der Waals surface area contributed by atoms with Gasteiger partial charge in [-0.25, -0.2) is 10.1 Å². The maximum Gasteiger partial charge on any atom is 0.437 e. The molecule has 0 bridgehead atoms. The van der Waals surface area contributed by atoms with E-state index >= 15 is 0 Å². The summed E-state index contributed by atoms with van der Waals surface area (Å²) in [6.45, 7) is -0.313. The van der Waals surface area contributed by atoms with Crippen molar-refractivity contribution in [3.63, 3.8) is 0 Å². The lowest BCUT2D eigenvalue weighted by Gasteiger charge is -2.15. The predicted octanol–water partition coefficient (Wildman–Crippen LogP) is 5.10. The zero-order valence-corrected chi connectivity index (χ0v) is 20.4. The van der Waals surface area contributed by atoms with Crippen molar-refractivity contribution in [3.05, 3.63) is 97.5 Å². The molecular formula is C24H15ClF3N5O3S. The van der Waals surface area contributed by atoms with Crippen molar-refractivity contribution >= 4 is 23.4 Å². The van der Waals surface area contributed by atoms with Gasteiger partial charge in [-0.1, -0.05) is 23.7 Å². The fraction of sp³-hybridized carbons (Fsp3) is 0.125. The first-order valence-electron chi connectivity index (χ1n) is 10.4. The summed E-state index contributed by atoms with van der Waals surface area (Å²) in [5.74, 6) is -1.34. The standard InChI is InChI=1S/C24H15ClF3N5O3S/c1-37-18-4-2-14(3-5-18)19-9-16(31-32-22(19)34)11-33-12-30-21(24(26,27)28)20(23(33)35)36-17-7-13(10-29)6-15(25)8-17/h2-9,12H,11H2,1H3,(H,32,34). The van der Waals surface area contributed by atoms with Gasteiger partial charge in [-0.05, 0) is 48.2 Å². The van der Waals surface area contributed by atoms with Gasteiger partial charge < -0.3 is 4.74 Å². The molecule has 2 heterocycles. The monoisotopic (exact) mass is 545 g/mol. The quantitative estimate of drug-likeness (QED) is 0.335. The highest BCUT2D eigenvalue weighted by Gasteiger charge is 2.38. The number of hydrogen-bond acceptors (Lipinski definition) is 7. The third kappa shape index (κ3) is 5.84. The Labute approximate surface area is 216 Å². The van der Waals surface area contributed by atoms with Gasteiger partial charge in [0.1, 0.15) is 5.75 Å². The Morgan fingerprint density at radius 3 is 2.54 bits per heavy atom. The Kier molecular flexibility index (Phi) is 7.37. The Morgan fingerprint density at radius 2 is 1.89 bits per heavy atom. The van der Waals surface area contributed by atoms with Gasteiger partial charge in [-0.15, -0.1) is 11.8 Å². The minimum Gasteiger partial charge on any atom is -0.449 e. The summed E-state index contributed by atoms with van der Waals surface area (Å²) in [6.07, 6.45) is -2.37. The summed E-state index contributed by atoms with van der Waals surface area (Å²) in [5.41, 5.74) is -2.10. The number of alkyl halides is 3. The first-order valence-corrected chi connectivity index (χ1v) is 12.0. The van der Waals surface area contributed by atoms with Crippen molar-refractivity contribution in [2.45, 2.75) is 17.6 Å². The molecule has 0 radical (unpaired) electrons. The predicted molar refractivity (Wildman–Crippen MR) is 131 cm³/mol. The van der Waals surface area contributed by atoms with Crippen molar-refractivity contribution in [2.75, 3.05) is 6.26 Å². The van der Waals surface area contributed by atoms with Gasteiger partial charge in [0.05, 0.1) is 35.8 Å². The second kappa shape index (κ2) is 10.5. The van der Waals surface area contributed by atoms with Crippen LogP contribution in [-0.2, 0) is 12.7 Å². The zero-order valence-electron chi connectivity index (χ0n) is 18.8. The molecule has 4 aromatic rings. The number of ether oxygens (including phenoxy) is 1. The number of rotatable bonds is 6. The molecule has 0 spiro atoms. The molecule has 13 heteroatoms. The highest BCUT2D eigenvalue weighted by molar-refractivity contribution is 7.98. The fourth-order valence-corrected chi connectivity index (χ4v) is 4.00. The van der Waals surface area contributed by atoms with Gasteiger partial charge >= 0.3 is 6.18 Å². The summed E-state index contributed by atoms with van der Waals surface area (Å²) < 4.78 is 47.0. The molecule has 188 valence electrons. The summed E-state index contributed by atoms with van der Waals surface area (Å²) in [7, 11) is 0. The van der Waals surface area contributed by atoms with E-state index in [9.17, 15) is 22.8 Å². The highest BCUT2D eigenvalue weighted by atomic mass is 35.5. The molecule has 37 heavy (non-hydrogen) atoms. The van der Waals surface area contributed by atoms with Crippen molar-refractivity contribution in [3.8, 4) is 28.7 Å². The van der Waals surface area contributed by atoms with E-state index in [0.717, 1.165) is 27.9 Å². The van der Waals surface area contributed by atoms with E-state index in [-0.39, 0.29) is 34.1 Å². The van der Waals surface area contributed by atoms with E-state index in [2.05, 4.69) is 15.2 Å². The van der Waals surface area contributed by atoms with E-state index in [1.807, 2.05) is 18.4 Å². The third-order valence-electron chi connectivity index (χ3n) is 5.08. The highest BCUT2D eigenvalue weighted by Crippen LogP contribution is 2.35. The largest absolute Gasteiger partial charge is 0.449 e. The maximum atomic E-state index is 13.6. The molecule has 0 aliphatic carbocycles. The van der Waals surface area contributed by atoms with Crippen LogP contribution in [0, 0.1) is 11.3 Å². The molecule has 0 fully saturated rings. The molecule has 0 aliphatic heterocycles. The number of nitriles is 1. The van der Waals surface area contributed by atoms with Crippen LogP contribution >= 0.6 is 23.4 Å². The number of benzene rings is 2. The first kappa shape index (κ1) is 26.0. The molecule has 0 saturated heterocycles. The molecular weight excluding hydrogens is 531 g/mol. The van der Waals surface area contributed by atoms with E-state index in [1.165, 1.54) is 23.9 Å². The number of aromatic nitrogens is 4. The van der Waals surface area contributed by atoms with Gasteiger partial charge in [0.25, 0.3) is 11.1 Å². The molecule has 8 nitrogen and oxygen atoms in total. The fourth-order valence-electron chi connectivity index (χ4n) is 3.37. The summed E-state index contributed by atoms with van der Waals surface area (Å²) >= 11 is 7.44. The van der Waals surface area contributed by atoms with Crippen LogP contribution in [0.2, 0.25) is 5.02 Å². The van der Waals surface area contributed by atoms with E-state index in [4.69, 9.17) is 21.6 Å². The second-order valence-electron chi connectivity index (χ2n) is 7.57. The Morgan fingerprint density at radius 1 is 1.16 bits per heavy atom. The lowest BCUT2D eigenvalue weighted by atomic mass is 10.1. The van der Waals surface area contributed by atoms with Crippen LogP contribution in [0.15, 0.2) is 69.3 Å². The number of H-pyrrole nitrogens is 1. The normalized spacial score (nSPS) is 11.2. The van der Waals surface area contributed by atoms with Gasteiger partial charge in [0.2, 0.25) is 5.75 Å². The van der Waals surface area contributed by atoms with Crippen LogP contribution in [0.5, 0.6) is 11.5 Å². The maximum absolute atomic E-state index is 13.6. The van der Waals surface area contributed by atoms with Crippen LogP contribution in [-0.4, -0.2) is 26.0 Å². The summed E-state index contributed by atoms with van der Waals surface area (Å²) in [6, 6.07) is 14.0. The Hall–Kier alpha value is -4.08. The first-order chi connectivity index (χ1) is 17.6. The van der Waals surface area contributed by atoms with Gasteiger partial charge in [-0.2, -0.15) is 23.5 Å². The number of halogens is 4. The molecule has 1 N–H and O–H groups in total. The minimum absolute atomic E-state index is 0.0239. The number of aromatic amines is 1. The average Bonchev–Trinajstić information content (AvgIpc) is 2.86.